The Balaban J connectivity index is 2.13. The maximum atomic E-state index is 13.0. The van der Waals surface area contributed by atoms with Gasteiger partial charge < -0.3 is 4.90 Å². The van der Waals surface area contributed by atoms with E-state index >= 15 is 0 Å². The second kappa shape index (κ2) is 5.93. The van der Waals surface area contributed by atoms with Gasteiger partial charge in [-0.05, 0) is 29.8 Å². The largest absolute Gasteiger partial charge is 0.336 e. The van der Waals surface area contributed by atoms with Crippen molar-refractivity contribution in [1.29, 1.82) is 5.26 Å². The quantitative estimate of drug-likeness (QED) is 0.804. The SMILES string of the molecule is CN(Cc1cccc(C#N)c1)C(=O)c1cccc(F)n1. The van der Waals surface area contributed by atoms with Crippen molar-refractivity contribution in [1.82, 2.24) is 9.88 Å². The average molecular weight is 269 g/mol. The molecule has 100 valence electrons. The second-order valence-corrected chi connectivity index (χ2v) is 4.32. The van der Waals surface area contributed by atoms with Gasteiger partial charge >= 0.3 is 0 Å². The molecule has 0 bridgehead atoms. The molecular weight excluding hydrogens is 257 g/mol. The minimum Gasteiger partial charge on any atom is -0.336 e. The van der Waals surface area contributed by atoms with Crippen molar-refractivity contribution >= 4 is 5.91 Å². The Morgan fingerprint density at radius 1 is 1.35 bits per heavy atom. The zero-order chi connectivity index (χ0) is 14.5. The molecule has 5 heteroatoms. The van der Waals surface area contributed by atoms with E-state index in [1.807, 2.05) is 12.1 Å². The van der Waals surface area contributed by atoms with Crippen LogP contribution in [0.2, 0.25) is 0 Å². The zero-order valence-electron chi connectivity index (χ0n) is 10.9. The van der Waals surface area contributed by atoms with Crippen molar-refractivity contribution < 1.29 is 9.18 Å². The van der Waals surface area contributed by atoms with Gasteiger partial charge in [-0.1, -0.05) is 18.2 Å². The van der Waals surface area contributed by atoms with Gasteiger partial charge in [0.05, 0.1) is 11.6 Å². The Bertz CT molecular complexity index is 679. The van der Waals surface area contributed by atoms with Crippen LogP contribution in [0.5, 0.6) is 0 Å². The molecule has 0 saturated carbocycles. The topological polar surface area (TPSA) is 57.0 Å². The van der Waals surface area contributed by atoms with Gasteiger partial charge in [0.25, 0.3) is 5.91 Å². The van der Waals surface area contributed by atoms with Crippen molar-refractivity contribution in [2.24, 2.45) is 0 Å². The van der Waals surface area contributed by atoms with Crippen molar-refractivity contribution in [2.75, 3.05) is 7.05 Å². The van der Waals surface area contributed by atoms with E-state index in [4.69, 9.17) is 5.26 Å². The Hall–Kier alpha value is -2.74. The molecule has 0 saturated heterocycles. The molecule has 1 aromatic heterocycles. The smallest absolute Gasteiger partial charge is 0.272 e. The van der Waals surface area contributed by atoms with Gasteiger partial charge in [0, 0.05) is 13.6 Å². The first-order chi connectivity index (χ1) is 9.60. The standard InChI is InChI=1S/C15H12FN3O/c1-19(10-12-5-2-4-11(8-12)9-17)15(20)13-6-3-7-14(16)18-13/h2-8H,10H2,1H3. The third-order valence-electron chi connectivity index (χ3n) is 2.76. The molecule has 0 unspecified atom stereocenters. The van der Waals surface area contributed by atoms with Gasteiger partial charge in [-0.2, -0.15) is 9.65 Å². The number of aromatic nitrogens is 1. The van der Waals surface area contributed by atoms with E-state index in [0.717, 1.165) is 5.56 Å². The summed E-state index contributed by atoms with van der Waals surface area (Å²) in [6, 6.07) is 13.1. The van der Waals surface area contributed by atoms with Crippen LogP contribution in [-0.4, -0.2) is 22.8 Å². The lowest BCUT2D eigenvalue weighted by Gasteiger charge is -2.16. The lowest BCUT2D eigenvalue weighted by atomic mass is 10.1. The molecule has 2 aromatic rings. The van der Waals surface area contributed by atoms with E-state index in [9.17, 15) is 9.18 Å². The first-order valence-electron chi connectivity index (χ1n) is 5.97. The van der Waals surface area contributed by atoms with Crippen LogP contribution in [0.3, 0.4) is 0 Å². The summed E-state index contributed by atoms with van der Waals surface area (Å²) >= 11 is 0. The number of nitrogens with zero attached hydrogens (tertiary/aromatic N) is 3. The van der Waals surface area contributed by atoms with Crippen molar-refractivity contribution in [2.45, 2.75) is 6.54 Å². The highest BCUT2D eigenvalue weighted by molar-refractivity contribution is 5.92. The molecule has 0 aliphatic rings. The highest BCUT2D eigenvalue weighted by Gasteiger charge is 2.14. The van der Waals surface area contributed by atoms with Gasteiger partial charge in [0.1, 0.15) is 5.69 Å². The summed E-state index contributed by atoms with van der Waals surface area (Å²) in [5, 5.41) is 8.83. The lowest BCUT2D eigenvalue weighted by molar-refractivity contribution is 0.0778. The van der Waals surface area contributed by atoms with Crippen LogP contribution in [0.15, 0.2) is 42.5 Å². The number of hydrogen-bond acceptors (Lipinski definition) is 3. The predicted octanol–water partition coefficient (Wildman–Crippen LogP) is 2.36. The zero-order valence-corrected chi connectivity index (χ0v) is 10.9. The Morgan fingerprint density at radius 2 is 2.10 bits per heavy atom. The minimum absolute atomic E-state index is 0.0592. The average Bonchev–Trinajstić information content (AvgIpc) is 2.46. The highest BCUT2D eigenvalue weighted by atomic mass is 19.1. The third-order valence-corrected chi connectivity index (χ3v) is 2.76. The maximum Gasteiger partial charge on any atom is 0.272 e. The summed E-state index contributed by atoms with van der Waals surface area (Å²) in [6.07, 6.45) is 0. The van der Waals surface area contributed by atoms with Crippen molar-refractivity contribution in [3.8, 4) is 6.07 Å². The molecule has 0 fully saturated rings. The van der Waals surface area contributed by atoms with Gasteiger partial charge in [-0.3, -0.25) is 4.79 Å². The van der Waals surface area contributed by atoms with Crippen LogP contribution in [-0.2, 0) is 6.54 Å². The van der Waals surface area contributed by atoms with Crippen molar-refractivity contribution in [3.63, 3.8) is 0 Å². The van der Waals surface area contributed by atoms with E-state index < -0.39 is 5.95 Å². The number of carbonyl (C=O) groups excluding carboxylic acids is 1. The summed E-state index contributed by atoms with van der Waals surface area (Å²) in [5.41, 5.74) is 1.42. The van der Waals surface area contributed by atoms with Gasteiger partial charge in [-0.25, -0.2) is 4.98 Å². The Labute approximate surface area is 116 Å². The molecule has 1 heterocycles. The summed E-state index contributed by atoms with van der Waals surface area (Å²) in [5.74, 6) is -1.05. The molecule has 0 atom stereocenters. The van der Waals surface area contributed by atoms with Crippen molar-refractivity contribution in [3.05, 3.63) is 65.2 Å². The first-order valence-corrected chi connectivity index (χ1v) is 5.97. The molecule has 2 rings (SSSR count). The summed E-state index contributed by atoms with van der Waals surface area (Å²) in [6.45, 7) is 0.326. The fraction of sp³-hybridized carbons (Fsp3) is 0.133. The predicted molar refractivity (Wildman–Crippen MR) is 71.1 cm³/mol. The van der Waals surface area contributed by atoms with Crippen LogP contribution < -0.4 is 0 Å². The number of benzene rings is 1. The van der Waals surface area contributed by atoms with Gasteiger partial charge in [-0.15, -0.1) is 0 Å². The molecule has 1 aromatic carbocycles. The summed E-state index contributed by atoms with van der Waals surface area (Å²) < 4.78 is 13.0. The number of amides is 1. The maximum absolute atomic E-state index is 13.0. The summed E-state index contributed by atoms with van der Waals surface area (Å²) in [7, 11) is 1.61. The highest BCUT2D eigenvalue weighted by Crippen LogP contribution is 2.09. The fourth-order valence-electron chi connectivity index (χ4n) is 1.81. The summed E-state index contributed by atoms with van der Waals surface area (Å²) in [4.78, 5) is 17.1. The molecule has 0 spiro atoms. The number of halogens is 1. The monoisotopic (exact) mass is 269 g/mol. The molecule has 1 amide bonds. The van der Waals surface area contributed by atoms with Crippen LogP contribution >= 0.6 is 0 Å². The molecule has 4 nitrogen and oxygen atoms in total. The molecule has 0 aliphatic carbocycles. The molecule has 0 radical (unpaired) electrons. The number of hydrogen-bond donors (Lipinski definition) is 0. The van der Waals surface area contributed by atoms with E-state index in [0.29, 0.717) is 12.1 Å². The van der Waals surface area contributed by atoms with Crippen LogP contribution in [0.1, 0.15) is 21.6 Å². The Morgan fingerprint density at radius 3 is 2.80 bits per heavy atom. The number of pyridine rings is 1. The molecule has 20 heavy (non-hydrogen) atoms. The van der Waals surface area contributed by atoms with Gasteiger partial charge in [0.15, 0.2) is 0 Å². The molecule has 0 aliphatic heterocycles. The van der Waals surface area contributed by atoms with Crippen LogP contribution in [0, 0.1) is 17.3 Å². The van der Waals surface area contributed by atoms with Crippen LogP contribution in [0.25, 0.3) is 0 Å². The molecule has 0 N–H and O–H groups in total. The lowest BCUT2D eigenvalue weighted by Crippen LogP contribution is -2.27. The third kappa shape index (κ3) is 3.18. The minimum atomic E-state index is -0.685. The number of carbonyl (C=O) groups is 1. The van der Waals surface area contributed by atoms with E-state index in [1.54, 1.807) is 25.2 Å². The van der Waals surface area contributed by atoms with E-state index in [1.165, 1.54) is 23.1 Å². The number of nitriles is 1. The fourth-order valence-corrected chi connectivity index (χ4v) is 1.81. The Kier molecular flexibility index (Phi) is 4.06. The second-order valence-electron chi connectivity index (χ2n) is 4.32. The number of rotatable bonds is 3. The van der Waals surface area contributed by atoms with E-state index in [-0.39, 0.29) is 11.6 Å². The van der Waals surface area contributed by atoms with Crippen LogP contribution in [0.4, 0.5) is 4.39 Å². The normalized spacial score (nSPS) is 9.85. The van der Waals surface area contributed by atoms with Gasteiger partial charge in [0.2, 0.25) is 5.95 Å². The molecular formula is C15H12FN3O. The first kappa shape index (κ1) is 13.7. The van der Waals surface area contributed by atoms with E-state index in [2.05, 4.69) is 4.98 Å².